The van der Waals surface area contributed by atoms with E-state index in [0.717, 1.165) is 18.4 Å². The van der Waals surface area contributed by atoms with Crippen LogP contribution in [-0.4, -0.2) is 19.0 Å². The minimum absolute atomic E-state index is 0.0374. The van der Waals surface area contributed by atoms with E-state index in [4.69, 9.17) is 27.9 Å². The molecule has 1 aliphatic rings. The van der Waals surface area contributed by atoms with Gasteiger partial charge >= 0.3 is 5.97 Å². The van der Waals surface area contributed by atoms with Gasteiger partial charge in [-0.1, -0.05) is 29.3 Å². The molecule has 1 aliphatic carbocycles. The van der Waals surface area contributed by atoms with E-state index in [1.165, 1.54) is 7.11 Å². The third-order valence-electron chi connectivity index (χ3n) is 4.11. The van der Waals surface area contributed by atoms with Gasteiger partial charge < -0.3 is 15.4 Å². The van der Waals surface area contributed by atoms with Gasteiger partial charge in [-0.25, -0.2) is 4.79 Å². The summed E-state index contributed by atoms with van der Waals surface area (Å²) < 4.78 is 4.75. The Balaban J connectivity index is 1.80. The van der Waals surface area contributed by atoms with Gasteiger partial charge in [0.2, 0.25) is 5.91 Å². The molecule has 1 saturated carbocycles. The lowest BCUT2D eigenvalue weighted by Crippen LogP contribution is -2.16. The largest absolute Gasteiger partial charge is 0.465 e. The zero-order valence-corrected chi connectivity index (χ0v) is 15.7. The number of carbonyl (C=O) groups is 2. The predicted octanol–water partition coefficient (Wildman–Crippen LogP) is 4.74. The lowest BCUT2D eigenvalue weighted by Gasteiger charge is -2.15. The maximum Gasteiger partial charge on any atom is 0.337 e. The van der Waals surface area contributed by atoms with Gasteiger partial charge in [0, 0.05) is 12.5 Å². The Bertz CT molecular complexity index is 851. The molecule has 0 bridgehead atoms. The number of hydrogen-bond acceptors (Lipinski definition) is 4. The smallest absolute Gasteiger partial charge is 0.337 e. The number of rotatable bonds is 6. The first-order valence-corrected chi connectivity index (χ1v) is 8.94. The molecule has 0 atom stereocenters. The molecule has 0 unspecified atom stereocenters. The molecule has 136 valence electrons. The zero-order valence-electron chi connectivity index (χ0n) is 14.1. The Labute approximate surface area is 161 Å². The first-order valence-electron chi connectivity index (χ1n) is 8.19. The molecule has 1 amide bonds. The highest BCUT2D eigenvalue weighted by molar-refractivity contribution is 6.42. The summed E-state index contributed by atoms with van der Waals surface area (Å²) in [5.74, 6) is -0.438. The predicted molar refractivity (Wildman–Crippen MR) is 103 cm³/mol. The van der Waals surface area contributed by atoms with Gasteiger partial charge in [-0.3, -0.25) is 4.79 Å². The van der Waals surface area contributed by atoms with Gasteiger partial charge in [0.1, 0.15) is 0 Å². The summed E-state index contributed by atoms with van der Waals surface area (Å²) in [4.78, 5) is 23.9. The summed E-state index contributed by atoms with van der Waals surface area (Å²) in [7, 11) is 1.32. The van der Waals surface area contributed by atoms with Crippen LogP contribution in [0.4, 0.5) is 11.4 Å². The number of methoxy groups -OCH3 is 1. The van der Waals surface area contributed by atoms with E-state index in [1.54, 1.807) is 30.3 Å². The topological polar surface area (TPSA) is 67.4 Å². The second kappa shape index (κ2) is 7.98. The minimum atomic E-state index is -0.456. The van der Waals surface area contributed by atoms with E-state index in [9.17, 15) is 9.59 Å². The van der Waals surface area contributed by atoms with Crippen molar-refractivity contribution in [2.24, 2.45) is 5.92 Å². The molecule has 2 aromatic rings. The van der Waals surface area contributed by atoms with Crippen molar-refractivity contribution in [2.45, 2.75) is 19.4 Å². The molecule has 0 aliphatic heterocycles. The minimum Gasteiger partial charge on any atom is -0.465 e. The standard InChI is InChI=1S/C19H18Cl2N2O3/c1-26-19(25)13-5-7-16(17(9-13)23-18(24)12-3-4-12)22-10-11-2-6-14(20)15(21)8-11/h2,5-9,12,22H,3-4,10H2,1H3,(H,23,24). The van der Waals surface area contributed by atoms with Gasteiger partial charge in [-0.05, 0) is 48.7 Å². The molecule has 1 fully saturated rings. The summed E-state index contributed by atoms with van der Waals surface area (Å²) >= 11 is 12.0. The Kier molecular flexibility index (Phi) is 5.69. The quantitative estimate of drug-likeness (QED) is 0.696. The molecule has 26 heavy (non-hydrogen) atoms. The van der Waals surface area contributed by atoms with Crippen molar-refractivity contribution < 1.29 is 14.3 Å². The Morgan fingerprint density at radius 1 is 1.08 bits per heavy atom. The van der Waals surface area contributed by atoms with Crippen LogP contribution >= 0.6 is 23.2 Å². The van der Waals surface area contributed by atoms with E-state index < -0.39 is 5.97 Å². The van der Waals surface area contributed by atoms with E-state index in [2.05, 4.69) is 10.6 Å². The van der Waals surface area contributed by atoms with Gasteiger partial charge in [0.25, 0.3) is 0 Å². The van der Waals surface area contributed by atoms with Crippen LogP contribution < -0.4 is 10.6 Å². The van der Waals surface area contributed by atoms with Crippen molar-refractivity contribution in [2.75, 3.05) is 17.7 Å². The number of esters is 1. The molecule has 5 nitrogen and oxygen atoms in total. The molecule has 2 N–H and O–H groups in total. The zero-order chi connectivity index (χ0) is 18.7. The Morgan fingerprint density at radius 2 is 1.85 bits per heavy atom. The molecule has 7 heteroatoms. The first-order chi connectivity index (χ1) is 12.5. The van der Waals surface area contributed by atoms with E-state index in [-0.39, 0.29) is 11.8 Å². The van der Waals surface area contributed by atoms with Crippen molar-refractivity contribution in [3.05, 3.63) is 57.6 Å². The summed E-state index contributed by atoms with van der Waals surface area (Å²) in [6.45, 7) is 0.487. The number of nitrogens with one attached hydrogen (secondary N) is 2. The van der Waals surface area contributed by atoms with E-state index in [0.29, 0.717) is 33.5 Å². The second-order valence-electron chi connectivity index (χ2n) is 6.12. The highest BCUT2D eigenvalue weighted by Gasteiger charge is 2.30. The van der Waals surface area contributed by atoms with Gasteiger partial charge in [-0.15, -0.1) is 0 Å². The fourth-order valence-corrected chi connectivity index (χ4v) is 2.79. The fourth-order valence-electron chi connectivity index (χ4n) is 2.47. The first kappa shape index (κ1) is 18.5. The summed E-state index contributed by atoms with van der Waals surface area (Å²) in [6, 6.07) is 10.4. The maximum atomic E-state index is 12.1. The Morgan fingerprint density at radius 3 is 2.50 bits per heavy atom. The van der Waals surface area contributed by atoms with Crippen molar-refractivity contribution in [3.8, 4) is 0 Å². The summed E-state index contributed by atoms with van der Waals surface area (Å²) in [5.41, 5.74) is 2.57. The lowest BCUT2D eigenvalue weighted by molar-refractivity contribution is -0.117. The molecular weight excluding hydrogens is 375 g/mol. The van der Waals surface area contributed by atoms with Crippen LogP contribution in [0, 0.1) is 5.92 Å². The number of carbonyl (C=O) groups excluding carboxylic acids is 2. The normalized spacial score (nSPS) is 13.2. The van der Waals surface area contributed by atoms with Crippen LogP contribution in [0.1, 0.15) is 28.8 Å². The second-order valence-corrected chi connectivity index (χ2v) is 6.93. The molecule has 0 heterocycles. The highest BCUT2D eigenvalue weighted by atomic mass is 35.5. The number of ether oxygens (including phenoxy) is 1. The average molecular weight is 393 g/mol. The fraction of sp³-hybridized carbons (Fsp3) is 0.263. The van der Waals surface area contributed by atoms with Gasteiger partial charge in [0.15, 0.2) is 0 Å². The lowest BCUT2D eigenvalue weighted by atomic mass is 10.1. The molecule has 0 spiro atoms. The van der Waals surface area contributed by atoms with Crippen LogP contribution in [0.15, 0.2) is 36.4 Å². The molecule has 3 rings (SSSR count). The summed E-state index contributed by atoms with van der Waals surface area (Å²) in [6.07, 6.45) is 1.79. The van der Waals surface area contributed by atoms with Crippen LogP contribution in [0.3, 0.4) is 0 Å². The average Bonchev–Trinajstić information content (AvgIpc) is 3.48. The van der Waals surface area contributed by atoms with Crippen LogP contribution in [0.5, 0.6) is 0 Å². The van der Waals surface area contributed by atoms with E-state index in [1.807, 2.05) is 6.07 Å². The molecule has 2 aromatic carbocycles. The van der Waals surface area contributed by atoms with Crippen molar-refractivity contribution >= 4 is 46.5 Å². The van der Waals surface area contributed by atoms with Crippen molar-refractivity contribution in [3.63, 3.8) is 0 Å². The Hall–Kier alpha value is -2.24. The van der Waals surface area contributed by atoms with E-state index >= 15 is 0 Å². The third kappa shape index (κ3) is 4.48. The van der Waals surface area contributed by atoms with Gasteiger partial charge in [-0.2, -0.15) is 0 Å². The molecular formula is C19H18Cl2N2O3. The number of anilines is 2. The van der Waals surface area contributed by atoms with Crippen molar-refractivity contribution in [1.82, 2.24) is 0 Å². The van der Waals surface area contributed by atoms with Crippen LogP contribution in [0.2, 0.25) is 10.0 Å². The van der Waals surface area contributed by atoms with Crippen molar-refractivity contribution in [1.29, 1.82) is 0 Å². The number of benzene rings is 2. The molecule has 0 aromatic heterocycles. The number of amides is 1. The maximum absolute atomic E-state index is 12.1. The molecule has 0 saturated heterocycles. The highest BCUT2D eigenvalue weighted by Crippen LogP contribution is 2.32. The van der Waals surface area contributed by atoms with Crippen LogP contribution in [-0.2, 0) is 16.1 Å². The van der Waals surface area contributed by atoms with Crippen LogP contribution in [0.25, 0.3) is 0 Å². The third-order valence-corrected chi connectivity index (χ3v) is 4.85. The molecule has 0 radical (unpaired) electrons. The number of hydrogen-bond donors (Lipinski definition) is 2. The SMILES string of the molecule is COC(=O)c1ccc(NCc2ccc(Cl)c(Cl)c2)c(NC(=O)C2CC2)c1. The monoisotopic (exact) mass is 392 g/mol. The number of halogens is 2. The van der Waals surface area contributed by atoms with Gasteiger partial charge in [0.05, 0.1) is 34.1 Å². The summed E-state index contributed by atoms with van der Waals surface area (Å²) in [5, 5.41) is 7.13.